The van der Waals surface area contributed by atoms with Gasteiger partial charge in [0.25, 0.3) is 5.69 Å². The van der Waals surface area contributed by atoms with Crippen molar-refractivity contribution in [3.8, 4) is 23.0 Å². The molecule has 154 valence electrons. The zero-order chi connectivity index (χ0) is 21.6. The summed E-state index contributed by atoms with van der Waals surface area (Å²) in [6, 6.07) is 22.6. The lowest BCUT2D eigenvalue weighted by Gasteiger charge is -2.14. The van der Waals surface area contributed by atoms with Crippen molar-refractivity contribution in [1.82, 2.24) is 5.32 Å². The maximum Gasteiger partial charge on any atom is 0.407 e. The van der Waals surface area contributed by atoms with E-state index in [1.165, 1.54) is 17.2 Å². The van der Waals surface area contributed by atoms with Crippen LogP contribution in [0.15, 0.2) is 72.8 Å². The van der Waals surface area contributed by atoms with E-state index in [-0.39, 0.29) is 18.2 Å². The topological polar surface area (TPSA) is 81.5 Å². The first-order chi connectivity index (χ1) is 15.1. The van der Waals surface area contributed by atoms with E-state index in [4.69, 9.17) is 4.74 Å². The molecular weight excluding hydrogens is 392 g/mol. The molecule has 0 saturated carbocycles. The molecule has 0 saturated heterocycles. The minimum Gasteiger partial charge on any atom is -0.449 e. The second-order valence-corrected chi connectivity index (χ2v) is 7.08. The summed E-state index contributed by atoms with van der Waals surface area (Å²) < 4.78 is 5.47. The highest BCUT2D eigenvalue weighted by molar-refractivity contribution is 5.79. The molecule has 1 amide bonds. The van der Waals surface area contributed by atoms with E-state index in [1.54, 1.807) is 18.2 Å². The largest absolute Gasteiger partial charge is 0.449 e. The maximum atomic E-state index is 12.1. The first-order valence-electron chi connectivity index (χ1n) is 9.96. The predicted octanol–water partition coefficient (Wildman–Crippen LogP) is 4.88. The van der Waals surface area contributed by atoms with Crippen LogP contribution in [0, 0.1) is 22.0 Å². The number of ether oxygens (including phenoxy) is 1. The van der Waals surface area contributed by atoms with Crippen LogP contribution in [0.3, 0.4) is 0 Å². The van der Waals surface area contributed by atoms with E-state index in [1.807, 2.05) is 24.3 Å². The molecular formula is C25H20N2O4. The molecule has 0 heterocycles. The van der Waals surface area contributed by atoms with Crippen molar-refractivity contribution in [3.63, 3.8) is 0 Å². The Hall–Kier alpha value is -4.11. The van der Waals surface area contributed by atoms with Crippen LogP contribution in [0.25, 0.3) is 11.1 Å². The number of para-hydroxylation sites is 1. The number of carbonyl (C=O) groups excluding carboxylic acids is 1. The highest BCUT2D eigenvalue weighted by Gasteiger charge is 2.28. The number of nitrogens with zero attached hydrogens (tertiary/aromatic N) is 1. The van der Waals surface area contributed by atoms with Crippen molar-refractivity contribution in [2.75, 3.05) is 13.2 Å². The quantitative estimate of drug-likeness (QED) is 0.280. The Kier molecular flexibility index (Phi) is 5.95. The Labute approximate surface area is 180 Å². The van der Waals surface area contributed by atoms with Crippen LogP contribution < -0.4 is 5.32 Å². The normalized spacial score (nSPS) is 11.6. The second-order valence-electron chi connectivity index (χ2n) is 7.08. The van der Waals surface area contributed by atoms with E-state index >= 15 is 0 Å². The van der Waals surface area contributed by atoms with Crippen LogP contribution in [0.5, 0.6) is 0 Å². The van der Waals surface area contributed by atoms with E-state index < -0.39 is 11.0 Å². The molecule has 1 aliphatic carbocycles. The zero-order valence-electron chi connectivity index (χ0n) is 16.7. The van der Waals surface area contributed by atoms with E-state index in [9.17, 15) is 14.9 Å². The lowest BCUT2D eigenvalue weighted by molar-refractivity contribution is -0.385. The standard InChI is InChI=1S/C25H20N2O4/c28-25(26-16-8-7-10-18-9-1-6-15-24(18)27(29)30)31-17-23-21-13-4-2-11-19(21)20-12-3-5-14-22(20)23/h1-6,9,11-15,23H,8,16-17H2,(H,26,28). The summed E-state index contributed by atoms with van der Waals surface area (Å²) in [6.07, 6.45) is -0.148. The van der Waals surface area contributed by atoms with Gasteiger partial charge in [-0.2, -0.15) is 0 Å². The van der Waals surface area contributed by atoms with Gasteiger partial charge in [0.05, 0.1) is 4.92 Å². The molecule has 0 bridgehead atoms. The fraction of sp³-hybridized carbons (Fsp3) is 0.160. The molecule has 6 heteroatoms. The smallest absolute Gasteiger partial charge is 0.407 e. The third-order valence-electron chi connectivity index (χ3n) is 5.19. The molecule has 31 heavy (non-hydrogen) atoms. The van der Waals surface area contributed by atoms with Gasteiger partial charge in [-0.3, -0.25) is 10.1 Å². The minimum atomic E-state index is -0.505. The molecule has 1 aliphatic rings. The summed E-state index contributed by atoms with van der Waals surface area (Å²) >= 11 is 0. The number of rotatable bonds is 5. The lowest BCUT2D eigenvalue weighted by atomic mass is 9.98. The summed E-state index contributed by atoms with van der Waals surface area (Å²) in [6.45, 7) is 0.548. The third-order valence-corrected chi connectivity index (χ3v) is 5.19. The average molecular weight is 412 g/mol. The molecule has 4 rings (SSSR count). The summed E-state index contributed by atoms with van der Waals surface area (Å²) in [7, 11) is 0. The Morgan fingerprint density at radius 2 is 1.58 bits per heavy atom. The van der Waals surface area contributed by atoms with Crippen LogP contribution in [-0.4, -0.2) is 24.2 Å². The minimum absolute atomic E-state index is 0.0107. The number of fused-ring (bicyclic) bond motifs is 3. The van der Waals surface area contributed by atoms with Gasteiger partial charge in [0.1, 0.15) is 12.2 Å². The van der Waals surface area contributed by atoms with Crippen LogP contribution >= 0.6 is 0 Å². The Bertz CT molecular complexity index is 1150. The first kappa shape index (κ1) is 20.2. The molecule has 3 aromatic carbocycles. The number of hydrogen-bond acceptors (Lipinski definition) is 4. The molecule has 0 radical (unpaired) electrons. The van der Waals surface area contributed by atoms with Crippen molar-refractivity contribution in [2.24, 2.45) is 0 Å². The lowest BCUT2D eigenvalue weighted by Crippen LogP contribution is -2.26. The van der Waals surface area contributed by atoms with Crippen molar-refractivity contribution >= 4 is 11.8 Å². The SMILES string of the molecule is O=C(NCCC#Cc1ccccc1[N+](=O)[O-])OCC1c2ccccc2-c2ccccc21. The fourth-order valence-corrected chi connectivity index (χ4v) is 3.77. The van der Waals surface area contributed by atoms with Gasteiger partial charge in [0, 0.05) is 24.9 Å². The van der Waals surface area contributed by atoms with Gasteiger partial charge in [-0.25, -0.2) is 4.79 Å². The molecule has 3 aromatic rings. The van der Waals surface area contributed by atoms with E-state index in [0.29, 0.717) is 18.5 Å². The molecule has 0 aliphatic heterocycles. The van der Waals surface area contributed by atoms with Crippen LogP contribution in [0.4, 0.5) is 10.5 Å². The van der Waals surface area contributed by atoms with Gasteiger partial charge in [-0.15, -0.1) is 0 Å². The number of nitro benzene ring substituents is 1. The average Bonchev–Trinajstić information content (AvgIpc) is 3.11. The molecule has 0 fully saturated rings. The molecule has 0 spiro atoms. The maximum absolute atomic E-state index is 12.1. The number of hydrogen-bond donors (Lipinski definition) is 1. The molecule has 0 atom stereocenters. The summed E-state index contributed by atoms with van der Waals surface area (Å²) in [5.74, 6) is 5.64. The summed E-state index contributed by atoms with van der Waals surface area (Å²) in [5, 5.41) is 13.7. The highest BCUT2D eigenvalue weighted by atomic mass is 16.6. The number of nitro groups is 1. The van der Waals surface area contributed by atoms with Gasteiger partial charge in [0.15, 0.2) is 0 Å². The molecule has 0 unspecified atom stereocenters. The third kappa shape index (κ3) is 4.41. The predicted molar refractivity (Wildman–Crippen MR) is 118 cm³/mol. The monoisotopic (exact) mass is 412 g/mol. The van der Waals surface area contributed by atoms with Gasteiger partial charge < -0.3 is 10.1 Å². The number of alkyl carbamates (subject to hydrolysis) is 1. The highest BCUT2D eigenvalue weighted by Crippen LogP contribution is 2.44. The zero-order valence-corrected chi connectivity index (χ0v) is 16.7. The van der Waals surface area contributed by atoms with Crippen molar-refractivity contribution in [1.29, 1.82) is 0 Å². The number of benzene rings is 3. The Balaban J connectivity index is 1.30. The van der Waals surface area contributed by atoms with Crippen molar-refractivity contribution < 1.29 is 14.5 Å². The van der Waals surface area contributed by atoms with Gasteiger partial charge >= 0.3 is 6.09 Å². The molecule has 1 N–H and O–H groups in total. The van der Waals surface area contributed by atoms with E-state index in [2.05, 4.69) is 41.4 Å². The second kappa shape index (κ2) is 9.14. The Morgan fingerprint density at radius 3 is 2.26 bits per heavy atom. The molecule has 6 nitrogen and oxygen atoms in total. The molecule has 0 aromatic heterocycles. The van der Waals surface area contributed by atoms with Gasteiger partial charge in [-0.05, 0) is 28.3 Å². The van der Waals surface area contributed by atoms with Crippen LogP contribution in [-0.2, 0) is 4.74 Å². The number of carbonyl (C=O) groups is 1. The van der Waals surface area contributed by atoms with Crippen LogP contribution in [0.1, 0.15) is 29.0 Å². The van der Waals surface area contributed by atoms with Crippen molar-refractivity contribution in [2.45, 2.75) is 12.3 Å². The number of amides is 1. The van der Waals surface area contributed by atoms with Crippen LogP contribution in [0.2, 0.25) is 0 Å². The number of nitrogens with one attached hydrogen (secondary N) is 1. The summed E-state index contributed by atoms with van der Waals surface area (Å²) in [4.78, 5) is 22.7. The van der Waals surface area contributed by atoms with E-state index in [0.717, 1.165) is 11.1 Å². The summed E-state index contributed by atoms with van der Waals surface area (Å²) in [5.41, 5.74) is 5.00. The van der Waals surface area contributed by atoms with Gasteiger partial charge in [0.2, 0.25) is 0 Å². The Morgan fingerprint density at radius 1 is 0.968 bits per heavy atom. The fourth-order valence-electron chi connectivity index (χ4n) is 3.77. The van der Waals surface area contributed by atoms with Crippen molar-refractivity contribution in [3.05, 3.63) is 99.6 Å². The first-order valence-corrected chi connectivity index (χ1v) is 9.96. The van der Waals surface area contributed by atoms with Gasteiger partial charge in [-0.1, -0.05) is 72.5 Å².